The molecule has 4 rings (SSSR count). The van der Waals surface area contributed by atoms with E-state index in [0.717, 1.165) is 35.0 Å². The van der Waals surface area contributed by atoms with Gasteiger partial charge < -0.3 is 0 Å². The van der Waals surface area contributed by atoms with E-state index in [2.05, 4.69) is 6.58 Å². The number of allylic oxidation sites excluding steroid dienone is 1. The average Bonchev–Trinajstić information content (AvgIpc) is 3.17. The smallest absolute Gasteiger partial charge is 0.263 e. The summed E-state index contributed by atoms with van der Waals surface area (Å²) in [6.07, 6.45) is 4.90. The molecule has 0 spiro atoms. The van der Waals surface area contributed by atoms with Crippen LogP contribution in [0.1, 0.15) is 22.4 Å². The maximum Gasteiger partial charge on any atom is 0.263 e. The number of benzene rings is 1. The Balaban J connectivity index is 1.75. The number of aryl methyl sites for hydroxylation is 2. The third kappa shape index (κ3) is 3.22. The first-order chi connectivity index (χ1) is 12.6. The Morgan fingerprint density at radius 1 is 1.35 bits per heavy atom. The molecule has 2 heterocycles. The summed E-state index contributed by atoms with van der Waals surface area (Å²) in [6.45, 7) is 4.24. The minimum atomic E-state index is 0.0407. The lowest BCUT2D eigenvalue weighted by Crippen LogP contribution is -2.22. The van der Waals surface area contributed by atoms with Crippen molar-refractivity contribution in [2.24, 2.45) is 0 Å². The normalized spacial score (nSPS) is 13.3. The number of hydrogen-bond acceptors (Lipinski definition) is 4. The maximum atomic E-state index is 13.1. The van der Waals surface area contributed by atoms with Crippen LogP contribution in [0.2, 0.25) is 10.0 Å². The van der Waals surface area contributed by atoms with E-state index in [0.29, 0.717) is 27.5 Å². The molecule has 0 amide bonds. The molecule has 1 aliphatic rings. The maximum absolute atomic E-state index is 13.1. The number of hydrogen-bond donors (Lipinski definition) is 0. The molecule has 3 nitrogen and oxygen atoms in total. The van der Waals surface area contributed by atoms with E-state index in [-0.39, 0.29) is 5.56 Å². The van der Waals surface area contributed by atoms with Crippen molar-refractivity contribution >= 4 is 56.5 Å². The van der Waals surface area contributed by atoms with Gasteiger partial charge in [-0.15, -0.1) is 17.9 Å². The van der Waals surface area contributed by atoms with Crippen molar-refractivity contribution in [1.29, 1.82) is 0 Å². The standard InChI is InChI=1S/C19H16Cl2N2OS2/c1-2-8-23-18(24)16-13-4-3-5-15(13)26-17(16)22-19(23)25-10-11-6-7-12(20)9-14(11)21/h2,6-7,9H,1,3-5,8,10H2. The zero-order valence-electron chi connectivity index (χ0n) is 13.9. The number of aromatic nitrogens is 2. The lowest BCUT2D eigenvalue weighted by Gasteiger charge is -2.11. The van der Waals surface area contributed by atoms with E-state index in [4.69, 9.17) is 28.2 Å². The van der Waals surface area contributed by atoms with Crippen LogP contribution in [-0.4, -0.2) is 9.55 Å². The molecule has 0 saturated heterocycles. The van der Waals surface area contributed by atoms with Gasteiger partial charge in [-0.05, 0) is 42.5 Å². The molecule has 2 aromatic heterocycles. The van der Waals surface area contributed by atoms with Gasteiger partial charge in [0.2, 0.25) is 0 Å². The molecule has 26 heavy (non-hydrogen) atoms. The molecule has 0 N–H and O–H groups in total. The van der Waals surface area contributed by atoms with Crippen LogP contribution in [0.3, 0.4) is 0 Å². The van der Waals surface area contributed by atoms with Gasteiger partial charge in [0, 0.05) is 27.2 Å². The zero-order chi connectivity index (χ0) is 18.3. The van der Waals surface area contributed by atoms with Crippen molar-refractivity contribution < 1.29 is 0 Å². The van der Waals surface area contributed by atoms with Gasteiger partial charge in [-0.25, -0.2) is 4.98 Å². The second kappa shape index (κ2) is 7.39. The van der Waals surface area contributed by atoms with Crippen LogP contribution in [0, 0.1) is 0 Å². The van der Waals surface area contributed by atoms with Crippen LogP contribution in [0.4, 0.5) is 0 Å². The Kier molecular flexibility index (Phi) is 5.15. The average molecular weight is 423 g/mol. The first-order valence-electron chi connectivity index (χ1n) is 8.31. The van der Waals surface area contributed by atoms with Crippen molar-refractivity contribution in [3.63, 3.8) is 0 Å². The molecular formula is C19H16Cl2N2OS2. The van der Waals surface area contributed by atoms with Crippen molar-refractivity contribution in [2.45, 2.75) is 36.7 Å². The monoisotopic (exact) mass is 422 g/mol. The van der Waals surface area contributed by atoms with Crippen LogP contribution in [-0.2, 0) is 25.1 Å². The summed E-state index contributed by atoms with van der Waals surface area (Å²) in [6, 6.07) is 5.46. The minimum absolute atomic E-state index is 0.0407. The molecule has 0 aliphatic heterocycles. The van der Waals surface area contributed by atoms with Gasteiger partial charge in [-0.2, -0.15) is 0 Å². The second-order valence-electron chi connectivity index (χ2n) is 6.16. The van der Waals surface area contributed by atoms with Crippen LogP contribution in [0.15, 0.2) is 40.8 Å². The molecular weight excluding hydrogens is 407 g/mol. The van der Waals surface area contributed by atoms with Gasteiger partial charge in [-0.3, -0.25) is 9.36 Å². The van der Waals surface area contributed by atoms with Crippen LogP contribution in [0.25, 0.3) is 10.2 Å². The summed E-state index contributed by atoms with van der Waals surface area (Å²) in [7, 11) is 0. The van der Waals surface area contributed by atoms with Gasteiger partial charge in [0.1, 0.15) is 4.83 Å². The highest BCUT2D eigenvalue weighted by Crippen LogP contribution is 2.36. The van der Waals surface area contributed by atoms with Crippen molar-refractivity contribution in [3.05, 3.63) is 67.3 Å². The SMILES string of the molecule is C=CCn1c(SCc2ccc(Cl)cc2Cl)nc2sc3c(c2c1=O)CCC3. The fourth-order valence-corrected chi connectivity index (χ4v) is 6.11. The van der Waals surface area contributed by atoms with E-state index >= 15 is 0 Å². The van der Waals surface area contributed by atoms with E-state index < -0.39 is 0 Å². The second-order valence-corrected chi connectivity index (χ2v) is 9.03. The summed E-state index contributed by atoms with van der Waals surface area (Å²) in [5.41, 5.74) is 2.21. The third-order valence-corrected chi connectivity index (χ3v) is 7.27. The number of nitrogens with zero attached hydrogens (tertiary/aromatic N) is 2. The Morgan fingerprint density at radius 3 is 2.96 bits per heavy atom. The van der Waals surface area contributed by atoms with Gasteiger partial charge in [0.05, 0.1) is 5.39 Å². The fraction of sp³-hybridized carbons (Fsp3) is 0.263. The molecule has 0 saturated carbocycles. The van der Waals surface area contributed by atoms with Crippen molar-refractivity contribution in [3.8, 4) is 0 Å². The number of fused-ring (bicyclic) bond motifs is 3. The van der Waals surface area contributed by atoms with Gasteiger partial charge in [-0.1, -0.05) is 47.1 Å². The van der Waals surface area contributed by atoms with Gasteiger partial charge in [0.15, 0.2) is 5.16 Å². The predicted octanol–water partition coefficient (Wildman–Crippen LogP) is 5.73. The largest absolute Gasteiger partial charge is 0.283 e. The fourth-order valence-electron chi connectivity index (χ4n) is 3.24. The summed E-state index contributed by atoms with van der Waals surface area (Å²) >= 11 is 15.4. The number of halogens is 2. The lowest BCUT2D eigenvalue weighted by molar-refractivity contribution is 0.672. The molecule has 0 bridgehead atoms. The Morgan fingerprint density at radius 2 is 2.19 bits per heavy atom. The van der Waals surface area contributed by atoms with E-state index in [1.165, 1.54) is 22.2 Å². The molecule has 0 fully saturated rings. The quantitative estimate of drug-likeness (QED) is 0.299. The molecule has 0 radical (unpaired) electrons. The third-order valence-electron chi connectivity index (χ3n) is 4.47. The Hall–Kier alpha value is -1.27. The molecule has 7 heteroatoms. The van der Waals surface area contributed by atoms with Crippen LogP contribution in [0.5, 0.6) is 0 Å². The molecule has 0 atom stereocenters. The zero-order valence-corrected chi connectivity index (χ0v) is 17.1. The Labute approximate surface area is 169 Å². The molecule has 3 aromatic rings. The van der Waals surface area contributed by atoms with E-state index in [9.17, 15) is 4.79 Å². The minimum Gasteiger partial charge on any atom is -0.283 e. The highest BCUT2D eigenvalue weighted by atomic mass is 35.5. The number of thioether (sulfide) groups is 1. The topological polar surface area (TPSA) is 34.9 Å². The van der Waals surface area contributed by atoms with E-state index in [1.54, 1.807) is 28.0 Å². The summed E-state index contributed by atoms with van der Waals surface area (Å²) in [4.78, 5) is 20.1. The van der Waals surface area contributed by atoms with Gasteiger partial charge >= 0.3 is 0 Å². The predicted molar refractivity (Wildman–Crippen MR) is 112 cm³/mol. The lowest BCUT2D eigenvalue weighted by atomic mass is 10.2. The summed E-state index contributed by atoms with van der Waals surface area (Å²) in [5.74, 6) is 0.621. The number of rotatable bonds is 5. The first kappa shape index (κ1) is 18.1. The van der Waals surface area contributed by atoms with Crippen LogP contribution < -0.4 is 5.56 Å². The molecule has 1 aliphatic carbocycles. The summed E-state index contributed by atoms with van der Waals surface area (Å²) < 4.78 is 1.72. The highest BCUT2D eigenvalue weighted by molar-refractivity contribution is 7.98. The van der Waals surface area contributed by atoms with Gasteiger partial charge in [0.25, 0.3) is 5.56 Å². The van der Waals surface area contributed by atoms with E-state index in [1.807, 2.05) is 12.1 Å². The van der Waals surface area contributed by atoms with Crippen molar-refractivity contribution in [1.82, 2.24) is 9.55 Å². The number of thiophene rings is 1. The molecule has 1 aromatic carbocycles. The Bertz CT molecular complexity index is 1070. The molecule has 0 unspecified atom stereocenters. The van der Waals surface area contributed by atoms with Crippen LogP contribution >= 0.6 is 46.3 Å². The highest BCUT2D eigenvalue weighted by Gasteiger charge is 2.23. The van der Waals surface area contributed by atoms with Crippen molar-refractivity contribution in [2.75, 3.05) is 0 Å². The molecule has 134 valence electrons. The first-order valence-corrected chi connectivity index (χ1v) is 10.9. The summed E-state index contributed by atoms with van der Waals surface area (Å²) in [5, 5.41) is 2.74.